The van der Waals surface area contributed by atoms with Crippen LogP contribution in [0, 0.1) is 5.92 Å². The van der Waals surface area contributed by atoms with Crippen LogP contribution in [-0.4, -0.2) is 77.7 Å². The standard InChI is InChI=1S/C17H35N3S/c1-15(21-5)19-8-6-7-16(14-19)13-18-9-11-20(12-10-18)17(2,3)4/h15-16H,6-14H2,1-5H3/t15?,16-/m0/s1. The molecule has 124 valence electrons. The van der Waals surface area contributed by atoms with Crippen molar-refractivity contribution in [3.05, 3.63) is 0 Å². The zero-order valence-electron chi connectivity index (χ0n) is 14.8. The Morgan fingerprint density at radius 3 is 2.33 bits per heavy atom. The first kappa shape index (κ1) is 17.6. The first-order chi connectivity index (χ1) is 9.90. The fourth-order valence-electron chi connectivity index (χ4n) is 3.69. The molecule has 0 aromatic rings. The molecule has 4 heteroatoms. The molecule has 21 heavy (non-hydrogen) atoms. The summed E-state index contributed by atoms with van der Waals surface area (Å²) in [6, 6.07) is 0. The number of hydrogen-bond donors (Lipinski definition) is 0. The van der Waals surface area contributed by atoms with E-state index in [0.717, 1.165) is 5.92 Å². The Hall–Kier alpha value is 0.230. The lowest BCUT2D eigenvalue weighted by Gasteiger charge is -2.44. The van der Waals surface area contributed by atoms with E-state index in [4.69, 9.17) is 0 Å². The van der Waals surface area contributed by atoms with Crippen molar-refractivity contribution in [1.82, 2.24) is 14.7 Å². The van der Waals surface area contributed by atoms with Crippen molar-refractivity contribution in [2.45, 2.75) is 51.4 Å². The molecule has 2 heterocycles. The Morgan fingerprint density at radius 1 is 1.10 bits per heavy atom. The molecular formula is C17H35N3S. The normalized spacial score (nSPS) is 28.7. The molecule has 2 fully saturated rings. The van der Waals surface area contributed by atoms with Gasteiger partial charge in [0.25, 0.3) is 0 Å². The van der Waals surface area contributed by atoms with Crippen LogP contribution in [0.4, 0.5) is 0 Å². The summed E-state index contributed by atoms with van der Waals surface area (Å²) in [5.74, 6) is 0.884. The lowest BCUT2D eigenvalue weighted by atomic mass is 9.97. The summed E-state index contributed by atoms with van der Waals surface area (Å²) in [6.07, 6.45) is 5.05. The van der Waals surface area contributed by atoms with Crippen molar-refractivity contribution in [2.24, 2.45) is 5.92 Å². The van der Waals surface area contributed by atoms with Crippen LogP contribution in [0.5, 0.6) is 0 Å². The van der Waals surface area contributed by atoms with Crippen LogP contribution in [0.3, 0.4) is 0 Å². The maximum absolute atomic E-state index is 2.71. The average molecular weight is 314 g/mol. The summed E-state index contributed by atoms with van der Waals surface area (Å²) < 4.78 is 0. The molecule has 0 saturated carbocycles. The Bertz CT molecular complexity index is 308. The van der Waals surface area contributed by atoms with Gasteiger partial charge < -0.3 is 4.90 Å². The van der Waals surface area contributed by atoms with Crippen LogP contribution in [0.15, 0.2) is 0 Å². The molecule has 0 N–H and O–H groups in total. The van der Waals surface area contributed by atoms with Crippen LogP contribution < -0.4 is 0 Å². The number of piperidine rings is 1. The molecule has 2 atom stereocenters. The Kier molecular flexibility index (Phi) is 6.42. The van der Waals surface area contributed by atoms with E-state index in [1.54, 1.807) is 0 Å². The Labute approximate surface area is 136 Å². The number of nitrogens with zero attached hydrogens (tertiary/aromatic N) is 3. The molecule has 0 aromatic carbocycles. The molecule has 0 amide bonds. The molecule has 1 unspecified atom stereocenters. The fraction of sp³-hybridized carbons (Fsp3) is 1.00. The zero-order valence-corrected chi connectivity index (χ0v) is 15.6. The average Bonchev–Trinajstić information content (AvgIpc) is 2.46. The van der Waals surface area contributed by atoms with Gasteiger partial charge in [0.1, 0.15) is 0 Å². The largest absolute Gasteiger partial charge is 0.300 e. The third-order valence-electron chi connectivity index (χ3n) is 5.24. The number of hydrogen-bond acceptors (Lipinski definition) is 4. The van der Waals surface area contributed by atoms with E-state index >= 15 is 0 Å². The minimum Gasteiger partial charge on any atom is -0.300 e. The number of likely N-dealkylation sites (tertiary alicyclic amines) is 1. The highest BCUT2D eigenvalue weighted by atomic mass is 32.2. The summed E-state index contributed by atoms with van der Waals surface area (Å²) in [4.78, 5) is 8.02. The lowest BCUT2D eigenvalue weighted by Crippen LogP contribution is -2.54. The summed E-state index contributed by atoms with van der Waals surface area (Å²) in [5.41, 5.74) is 0.335. The molecule has 0 bridgehead atoms. The monoisotopic (exact) mass is 313 g/mol. The maximum Gasteiger partial charge on any atom is 0.0526 e. The fourth-order valence-corrected chi connectivity index (χ4v) is 4.18. The van der Waals surface area contributed by atoms with E-state index in [1.165, 1.54) is 58.7 Å². The highest BCUT2D eigenvalue weighted by Crippen LogP contribution is 2.24. The molecule has 0 radical (unpaired) electrons. The van der Waals surface area contributed by atoms with Crippen LogP contribution in [0.1, 0.15) is 40.5 Å². The maximum atomic E-state index is 2.71. The van der Waals surface area contributed by atoms with Gasteiger partial charge in [0.2, 0.25) is 0 Å². The van der Waals surface area contributed by atoms with Gasteiger partial charge in [0.05, 0.1) is 5.37 Å². The van der Waals surface area contributed by atoms with Crippen molar-refractivity contribution in [3.63, 3.8) is 0 Å². The summed E-state index contributed by atoms with van der Waals surface area (Å²) in [7, 11) is 0. The second-order valence-corrected chi connectivity index (χ2v) is 8.95. The molecule has 2 saturated heterocycles. The van der Waals surface area contributed by atoms with Crippen LogP contribution in [0.25, 0.3) is 0 Å². The van der Waals surface area contributed by atoms with Crippen molar-refractivity contribution < 1.29 is 0 Å². The lowest BCUT2D eigenvalue weighted by molar-refractivity contribution is 0.0454. The number of thioether (sulfide) groups is 1. The number of rotatable bonds is 4. The smallest absolute Gasteiger partial charge is 0.0526 e. The molecule has 0 aromatic heterocycles. The van der Waals surface area contributed by atoms with Crippen LogP contribution in [0.2, 0.25) is 0 Å². The summed E-state index contributed by atoms with van der Waals surface area (Å²) in [5, 5.41) is 0.686. The van der Waals surface area contributed by atoms with Crippen molar-refractivity contribution >= 4 is 11.8 Å². The molecule has 2 aliphatic heterocycles. The molecule has 0 aliphatic carbocycles. The minimum atomic E-state index is 0.335. The predicted octanol–water partition coefficient (Wildman–Crippen LogP) is 2.82. The van der Waals surface area contributed by atoms with Gasteiger partial charge in [-0.05, 0) is 59.3 Å². The molecule has 0 spiro atoms. The molecule has 2 rings (SSSR count). The van der Waals surface area contributed by atoms with Crippen molar-refractivity contribution in [3.8, 4) is 0 Å². The number of piperazine rings is 1. The summed E-state index contributed by atoms with van der Waals surface area (Å²) >= 11 is 1.99. The van der Waals surface area contributed by atoms with E-state index in [0.29, 0.717) is 10.9 Å². The van der Waals surface area contributed by atoms with Gasteiger partial charge in [-0.15, -0.1) is 11.8 Å². The van der Waals surface area contributed by atoms with Gasteiger partial charge >= 0.3 is 0 Å². The highest BCUT2D eigenvalue weighted by Gasteiger charge is 2.29. The first-order valence-electron chi connectivity index (χ1n) is 8.64. The van der Waals surface area contributed by atoms with E-state index in [2.05, 4.69) is 48.7 Å². The van der Waals surface area contributed by atoms with Gasteiger partial charge in [-0.2, -0.15) is 0 Å². The van der Waals surface area contributed by atoms with Gasteiger partial charge in [-0.25, -0.2) is 0 Å². The van der Waals surface area contributed by atoms with Gasteiger partial charge in [-0.3, -0.25) is 9.80 Å². The first-order valence-corrected chi connectivity index (χ1v) is 9.93. The van der Waals surface area contributed by atoms with Gasteiger partial charge in [-0.1, -0.05) is 0 Å². The quantitative estimate of drug-likeness (QED) is 0.789. The van der Waals surface area contributed by atoms with Crippen molar-refractivity contribution in [1.29, 1.82) is 0 Å². The van der Waals surface area contributed by atoms with Gasteiger partial charge in [0.15, 0.2) is 0 Å². The Balaban J connectivity index is 1.75. The topological polar surface area (TPSA) is 9.72 Å². The molecule has 2 aliphatic rings. The second-order valence-electron chi connectivity index (χ2n) is 7.80. The van der Waals surface area contributed by atoms with E-state index in [1.807, 2.05) is 11.8 Å². The third kappa shape index (κ3) is 5.12. The Morgan fingerprint density at radius 2 is 1.76 bits per heavy atom. The van der Waals surface area contributed by atoms with E-state index < -0.39 is 0 Å². The second kappa shape index (κ2) is 7.67. The SMILES string of the molecule is CSC(C)N1CCC[C@@H](CN2CCN(C(C)(C)C)CC2)C1. The predicted molar refractivity (Wildman–Crippen MR) is 95.0 cm³/mol. The third-order valence-corrected chi connectivity index (χ3v) is 6.22. The van der Waals surface area contributed by atoms with E-state index in [-0.39, 0.29) is 0 Å². The van der Waals surface area contributed by atoms with Gasteiger partial charge in [0, 0.05) is 44.8 Å². The summed E-state index contributed by atoms with van der Waals surface area (Å²) in [6.45, 7) is 18.3. The van der Waals surface area contributed by atoms with Crippen LogP contribution >= 0.6 is 11.8 Å². The minimum absolute atomic E-state index is 0.335. The molecule has 3 nitrogen and oxygen atoms in total. The highest BCUT2D eigenvalue weighted by molar-refractivity contribution is 7.99. The van der Waals surface area contributed by atoms with E-state index in [9.17, 15) is 0 Å². The molecular weight excluding hydrogens is 278 g/mol. The van der Waals surface area contributed by atoms with Crippen molar-refractivity contribution in [2.75, 3.05) is 52.1 Å². The zero-order chi connectivity index (χ0) is 15.5. The van der Waals surface area contributed by atoms with Crippen LogP contribution in [-0.2, 0) is 0 Å².